The molecule has 2 atom stereocenters. The van der Waals surface area contributed by atoms with Gasteiger partial charge >= 0.3 is 11.7 Å². The zero-order chi connectivity index (χ0) is 21.9. The zero-order valence-corrected chi connectivity index (χ0v) is 17.0. The van der Waals surface area contributed by atoms with Crippen molar-refractivity contribution in [1.82, 2.24) is 5.32 Å². The lowest BCUT2D eigenvalue weighted by Crippen LogP contribution is -2.39. The molecule has 0 heterocycles. The Morgan fingerprint density at radius 3 is 2.43 bits per heavy atom. The average Bonchev–Trinajstić information content (AvgIpc) is 2.73. The van der Waals surface area contributed by atoms with Crippen LogP contribution in [0.1, 0.15) is 47.3 Å². The van der Waals surface area contributed by atoms with Gasteiger partial charge in [0.05, 0.1) is 16.5 Å². The van der Waals surface area contributed by atoms with Crippen LogP contribution in [0.4, 0.5) is 8.78 Å². The molecule has 6 nitrogen and oxygen atoms in total. The fraction of sp³-hybridized carbons (Fsp3) is 0.333. The third-order valence-corrected chi connectivity index (χ3v) is 6.39. The van der Waals surface area contributed by atoms with Crippen molar-refractivity contribution in [2.75, 3.05) is 0 Å². The molecule has 0 unspecified atom stereocenters. The molecule has 1 aliphatic rings. The van der Waals surface area contributed by atoms with E-state index in [0.717, 1.165) is 49.1 Å². The molecule has 0 saturated heterocycles. The molecule has 2 aromatic carbocycles. The number of rotatable bonds is 6. The summed E-state index contributed by atoms with van der Waals surface area (Å²) in [7, 11) is -4.75. The Labute approximate surface area is 173 Å². The third kappa shape index (κ3) is 4.67. The van der Waals surface area contributed by atoms with Crippen LogP contribution in [-0.2, 0) is 25.8 Å². The molecule has 2 aromatic rings. The van der Waals surface area contributed by atoms with Crippen molar-refractivity contribution < 1.29 is 31.5 Å². The van der Waals surface area contributed by atoms with Gasteiger partial charge in [-0.15, -0.1) is 0 Å². The molecule has 1 amide bonds. The maximum absolute atomic E-state index is 12.6. The summed E-state index contributed by atoms with van der Waals surface area (Å²) >= 11 is 0. The van der Waals surface area contributed by atoms with Gasteiger partial charge in [-0.2, -0.15) is 8.78 Å². The molecule has 0 radical (unpaired) electrons. The smallest absolute Gasteiger partial charge is 0.341 e. The lowest BCUT2D eigenvalue weighted by Gasteiger charge is -2.27. The average molecular weight is 437 g/mol. The number of aryl methyl sites for hydroxylation is 1. The molecule has 0 spiro atoms. The normalized spacial score (nSPS) is 17.1. The van der Waals surface area contributed by atoms with Crippen LogP contribution in [0, 0.1) is 0 Å². The van der Waals surface area contributed by atoms with Crippen LogP contribution in [-0.4, -0.2) is 32.2 Å². The van der Waals surface area contributed by atoms with Crippen molar-refractivity contribution >= 4 is 21.7 Å². The topological polar surface area (TPSA) is 89.5 Å². The molecule has 0 fully saturated rings. The number of hydrogen-bond donors (Lipinski definition) is 1. The molecule has 30 heavy (non-hydrogen) atoms. The highest BCUT2D eigenvalue weighted by Gasteiger charge is 2.28. The number of alkyl halides is 2. The Bertz CT molecular complexity index is 1040. The number of nitrogens with one attached hydrogen (secondary N) is 1. The van der Waals surface area contributed by atoms with E-state index in [1.54, 1.807) is 0 Å². The minimum Gasteiger partial charge on any atom is -0.449 e. The summed E-state index contributed by atoms with van der Waals surface area (Å²) in [5.74, 6) is -4.87. The summed E-state index contributed by atoms with van der Waals surface area (Å²) in [4.78, 5) is 24.1. The van der Waals surface area contributed by atoms with E-state index < -0.39 is 38.5 Å². The van der Waals surface area contributed by atoms with E-state index in [0.29, 0.717) is 0 Å². The van der Waals surface area contributed by atoms with Crippen LogP contribution in [0.15, 0.2) is 53.4 Å². The fourth-order valence-corrected chi connectivity index (χ4v) is 4.08. The molecular formula is C21H21F2NO5S. The van der Waals surface area contributed by atoms with E-state index in [1.165, 1.54) is 12.5 Å². The molecule has 160 valence electrons. The SMILES string of the molecule is C[C@H](OC(=O)c1ccc(S(=O)(=O)C(F)F)cc1)C(=O)N[C@@H]1CCCc2ccccc21. The molecular weight excluding hydrogens is 416 g/mol. The van der Waals surface area contributed by atoms with Gasteiger partial charge in [0.1, 0.15) is 0 Å². The highest BCUT2D eigenvalue weighted by molar-refractivity contribution is 7.91. The van der Waals surface area contributed by atoms with Crippen molar-refractivity contribution in [3.8, 4) is 0 Å². The Kier molecular flexibility index (Phi) is 6.50. The van der Waals surface area contributed by atoms with Gasteiger partial charge in [0, 0.05) is 0 Å². The lowest BCUT2D eigenvalue weighted by molar-refractivity contribution is -0.130. The van der Waals surface area contributed by atoms with E-state index in [1.807, 2.05) is 24.3 Å². The molecule has 0 aromatic heterocycles. The molecule has 9 heteroatoms. The number of ether oxygens (including phenoxy) is 1. The quantitative estimate of drug-likeness (QED) is 0.700. The third-order valence-electron chi connectivity index (χ3n) is 4.99. The molecule has 0 saturated carbocycles. The van der Waals surface area contributed by atoms with Crippen LogP contribution < -0.4 is 5.32 Å². The van der Waals surface area contributed by atoms with Crippen molar-refractivity contribution in [3.05, 3.63) is 65.2 Å². The maximum atomic E-state index is 12.6. The van der Waals surface area contributed by atoms with E-state index >= 15 is 0 Å². The van der Waals surface area contributed by atoms with Gasteiger partial charge in [0.15, 0.2) is 6.10 Å². The number of hydrogen-bond acceptors (Lipinski definition) is 5. The number of carbonyl (C=O) groups excluding carboxylic acids is 2. The number of benzene rings is 2. The van der Waals surface area contributed by atoms with Gasteiger partial charge in [-0.25, -0.2) is 13.2 Å². The van der Waals surface area contributed by atoms with Crippen molar-refractivity contribution in [2.45, 2.75) is 49.0 Å². The standard InChI is InChI=1S/C21H21F2NO5S/c1-13(19(25)24-18-8-4-6-14-5-2-3-7-17(14)18)29-20(26)15-9-11-16(12-10-15)30(27,28)21(22)23/h2-3,5,7,9-13,18,21H,4,6,8H2,1H3,(H,24,25)/t13-,18+/m0/s1. The first kappa shape index (κ1) is 21.9. The van der Waals surface area contributed by atoms with Crippen molar-refractivity contribution in [2.24, 2.45) is 0 Å². The van der Waals surface area contributed by atoms with Gasteiger partial charge in [-0.3, -0.25) is 4.79 Å². The summed E-state index contributed by atoms with van der Waals surface area (Å²) in [6.45, 7) is 1.43. The maximum Gasteiger partial charge on any atom is 0.341 e. The monoisotopic (exact) mass is 437 g/mol. The Morgan fingerprint density at radius 2 is 1.77 bits per heavy atom. The minimum atomic E-state index is -4.75. The summed E-state index contributed by atoms with van der Waals surface area (Å²) < 4.78 is 53.2. The molecule has 0 bridgehead atoms. The minimum absolute atomic E-state index is 0.0501. The first-order valence-electron chi connectivity index (χ1n) is 9.41. The van der Waals surface area contributed by atoms with Gasteiger partial charge in [0.2, 0.25) is 9.84 Å². The van der Waals surface area contributed by atoms with Crippen LogP contribution in [0.25, 0.3) is 0 Å². The Morgan fingerprint density at radius 1 is 1.10 bits per heavy atom. The van der Waals surface area contributed by atoms with Gasteiger partial charge in [-0.05, 0) is 61.6 Å². The summed E-state index contributed by atoms with van der Waals surface area (Å²) in [5, 5.41) is 2.89. The van der Waals surface area contributed by atoms with Gasteiger partial charge in [0.25, 0.3) is 5.91 Å². The highest BCUT2D eigenvalue weighted by atomic mass is 32.2. The van der Waals surface area contributed by atoms with E-state index in [-0.39, 0.29) is 11.6 Å². The highest BCUT2D eigenvalue weighted by Crippen LogP contribution is 2.29. The number of carbonyl (C=O) groups is 2. The van der Waals surface area contributed by atoms with Gasteiger partial charge < -0.3 is 10.1 Å². The summed E-state index contributed by atoms with van der Waals surface area (Å²) in [6, 6.07) is 11.6. The first-order valence-corrected chi connectivity index (χ1v) is 11.0. The number of sulfone groups is 1. The predicted octanol–water partition coefficient (Wildman–Crippen LogP) is 3.42. The Balaban J connectivity index is 1.63. The van der Waals surface area contributed by atoms with Crippen LogP contribution in [0.5, 0.6) is 0 Å². The van der Waals surface area contributed by atoms with Gasteiger partial charge in [-0.1, -0.05) is 24.3 Å². The van der Waals surface area contributed by atoms with Crippen LogP contribution in [0.3, 0.4) is 0 Å². The molecule has 3 rings (SSSR count). The molecule has 1 N–H and O–H groups in total. The van der Waals surface area contributed by atoms with Crippen molar-refractivity contribution in [1.29, 1.82) is 0 Å². The van der Waals surface area contributed by atoms with E-state index in [4.69, 9.17) is 4.74 Å². The second kappa shape index (κ2) is 8.91. The lowest BCUT2D eigenvalue weighted by atomic mass is 9.87. The number of halogens is 2. The number of amides is 1. The number of esters is 1. The Hall–Kier alpha value is -2.81. The molecule has 0 aliphatic heterocycles. The second-order valence-corrected chi connectivity index (χ2v) is 8.95. The fourth-order valence-electron chi connectivity index (χ4n) is 3.36. The summed E-state index contributed by atoms with van der Waals surface area (Å²) in [6.07, 6.45) is 1.58. The molecule has 1 aliphatic carbocycles. The second-order valence-electron chi connectivity index (χ2n) is 7.03. The first-order chi connectivity index (χ1) is 14.2. The van der Waals surface area contributed by atoms with Crippen LogP contribution >= 0.6 is 0 Å². The largest absolute Gasteiger partial charge is 0.449 e. The zero-order valence-electron chi connectivity index (χ0n) is 16.2. The van der Waals surface area contributed by atoms with Crippen molar-refractivity contribution in [3.63, 3.8) is 0 Å². The van der Waals surface area contributed by atoms with E-state index in [9.17, 15) is 26.8 Å². The van der Waals surface area contributed by atoms with E-state index in [2.05, 4.69) is 5.32 Å². The predicted molar refractivity (Wildman–Crippen MR) is 105 cm³/mol. The summed E-state index contributed by atoms with van der Waals surface area (Å²) in [5.41, 5.74) is 2.18. The van der Waals surface area contributed by atoms with Crippen LogP contribution in [0.2, 0.25) is 0 Å². The number of fused-ring (bicyclic) bond motifs is 1.